The van der Waals surface area contributed by atoms with Crippen molar-refractivity contribution in [2.75, 3.05) is 11.9 Å². The topological polar surface area (TPSA) is 69.0 Å². The highest BCUT2D eigenvalue weighted by atomic mass is 32.1. The molecule has 0 spiro atoms. The molecule has 0 unspecified atom stereocenters. The Morgan fingerprint density at radius 1 is 1.32 bits per heavy atom. The van der Waals surface area contributed by atoms with Crippen molar-refractivity contribution in [1.29, 1.82) is 0 Å². The molecular weight excluding hydrogens is 336 g/mol. The predicted molar refractivity (Wildman–Crippen MR) is 97.8 cm³/mol. The van der Waals surface area contributed by atoms with Crippen LogP contribution in [-0.2, 0) is 35.5 Å². The van der Waals surface area contributed by atoms with Crippen molar-refractivity contribution in [3.8, 4) is 0 Å². The molecule has 1 amide bonds. The third-order valence-corrected chi connectivity index (χ3v) is 5.29. The maximum atomic E-state index is 12.5. The Bertz CT molecular complexity index is 915. The Morgan fingerprint density at radius 2 is 2.20 bits per heavy atom. The predicted octanol–water partition coefficient (Wildman–Crippen LogP) is 3.16. The zero-order valence-electron chi connectivity index (χ0n) is 14.1. The van der Waals surface area contributed by atoms with E-state index < -0.39 is 0 Å². The zero-order valence-corrected chi connectivity index (χ0v) is 14.9. The van der Waals surface area contributed by atoms with E-state index in [1.165, 1.54) is 28.0 Å². The standard InChI is InChI=1S/C18H20N4O2S/c1-2-24-11-17-20-21-18(25-17)19-16(23)10-22-14-8-4-3-6-12(14)13-7-5-9-15(13)22/h3-4,6,8H,2,5,7,9-11H2,1H3,(H,19,21,23). The van der Waals surface area contributed by atoms with Crippen LogP contribution in [0.3, 0.4) is 0 Å². The Morgan fingerprint density at radius 3 is 3.08 bits per heavy atom. The van der Waals surface area contributed by atoms with Crippen molar-refractivity contribution >= 4 is 33.3 Å². The number of aromatic nitrogens is 3. The summed E-state index contributed by atoms with van der Waals surface area (Å²) in [7, 11) is 0. The Labute approximate surface area is 149 Å². The van der Waals surface area contributed by atoms with Crippen LogP contribution in [-0.4, -0.2) is 27.3 Å². The number of para-hydroxylation sites is 1. The van der Waals surface area contributed by atoms with Gasteiger partial charge in [0, 0.05) is 23.2 Å². The van der Waals surface area contributed by atoms with E-state index in [0.29, 0.717) is 24.9 Å². The molecule has 130 valence electrons. The van der Waals surface area contributed by atoms with E-state index in [1.54, 1.807) is 0 Å². The first-order valence-corrected chi connectivity index (χ1v) is 9.37. The molecule has 7 heteroatoms. The van der Waals surface area contributed by atoms with Crippen molar-refractivity contribution < 1.29 is 9.53 Å². The lowest BCUT2D eigenvalue weighted by molar-refractivity contribution is -0.116. The number of nitrogens with one attached hydrogen (secondary N) is 1. The van der Waals surface area contributed by atoms with Gasteiger partial charge in [-0.15, -0.1) is 10.2 Å². The summed E-state index contributed by atoms with van der Waals surface area (Å²) in [4.78, 5) is 12.5. The number of carbonyl (C=O) groups excluding carboxylic acids is 1. The van der Waals surface area contributed by atoms with Gasteiger partial charge in [-0.2, -0.15) is 0 Å². The van der Waals surface area contributed by atoms with E-state index in [4.69, 9.17) is 4.74 Å². The van der Waals surface area contributed by atoms with Crippen molar-refractivity contribution in [3.05, 3.63) is 40.5 Å². The van der Waals surface area contributed by atoms with Crippen LogP contribution in [0.25, 0.3) is 10.9 Å². The largest absolute Gasteiger partial charge is 0.374 e. The van der Waals surface area contributed by atoms with Gasteiger partial charge in [-0.05, 0) is 37.8 Å². The average Bonchev–Trinajstić information content (AvgIpc) is 3.32. The number of fused-ring (bicyclic) bond motifs is 3. The minimum Gasteiger partial charge on any atom is -0.374 e. The summed E-state index contributed by atoms with van der Waals surface area (Å²) in [5.74, 6) is -0.0745. The maximum absolute atomic E-state index is 12.5. The van der Waals surface area contributed by atoms with Gasteiger partial charge in [0.1, 0.15) is 18.2 Å². The van der Waals surface area contributed by atoms with Crippen LogP contribution in [0.15, 0.2) is 24.3 Å². The first-order chi connectivity index (χ1) is 12.3. The van der Waals surface area contributed by atoms with Crippen LogP contribution < -0.4 is 5.32 Å². The van der Waals surface area contributed by atoms with Crippen molar-refractivity contribution in [3.63, 3.8) is 0 Å². The molecular formula is C18H20N4O2S. The van der Waals surface area contributed by atoms with Crippen molar-refractivity contribution in [1.82, 2.24) is 14.8 Å². The summed E-state index contributed by atoms with van der Waals surface area (Å²) in [6.07, 6.45) is 3.30. The number of rotatable bonds is 6. The summed E-state index contributed by atoms with van der Waals surface area (Å²) in [5.41, 5.74) is 3.83. The van der Waals surface area contributed by atoms with Crippen LogP contribution in [0.2, 0.25) is 0 Å². The van der Waals surface area contributed by atoms with Crippen molar-refractivity contribution in [2.24, 2.45) is 0 Å². The SMILES string of the molecule is CCOCc1nnc(NC(=O)Cn2c3c(c4ccccc42)CCC3)s1. The summed E-state index contributed by atoms with van der Waals surface area (Å²) >= 11 is 1.35. The summed E-state index contributed by atoms with van der Waals surface area (Å²) in [6.45, 7) is 3.30. The van der Waals surface area contributed by atoms with E-state index in [9.17, 15) is 4.79 Å². The molecule has 2 aromatic heterocycles. The third-order valence-electron chi connectivity index (χ3n) is 4.48. The third kappa shape index (κ3) is 3.17. The smallest absolute Gasteiger partial charge is 0.246 e. The number of hydrogen-bond acceptors (Lipinski definition) is 5. The fourth-order valence-electron chi connectivity index (χ4n) is 3.46. The first-order valence-electron chi connectivity index (χ1n) is 8.55. The Kier molecular flexibility index (Phi) is 4.50. The minimum absolute atomic E-state index is 0.0745. The summed E-state index contributed by atoms with van der Waals surface area (Å²) in [6, 6.07) is 8.33. The quantitative estimate of drug-likeness (QED) is 0.737. The van der Waals surface area contributed by atoms with Gasteiger partial charge in [0.15, 0.2) is 0 Å². The molecule has 0 atom stereocenters. The van der Waals surface area contributed by atoms with Crippen LogP contribution in [0.1, 0.15) is 29.6 Å². The number of aryl methyl sites for hydroxylation is 1. The monoisotopic (exact) mass is 356 g/mol. The molecule has 4 rings (SSSR count). The van der Waals surface area contributed by atoms with Crippen LogP contribution in [0.4, 0.5) is 5.13 Å². The summed E-state index contributed by atoms with van der Waals surface area (Å²) in [5, 5.41) is 13.5. The molecule has 2 heterocycles. The average molecular weight is 356 g/mol. The molecule has 0 aliphatic heterocycles. The molecule has 0 radical (unpaired) electrons. The molecule has 1 aliphatic rings. The first kappa shape index (κ1) is 16.2. The highest BCUT2D eigenvalue weighted by molar-refractivity contribution is 7.15. The van der Waals surface area contributed by atoms with Crippen LogP contribution in [0, 0.1) is 0 Å². The molecule has 1 aromatic carbocycles. The van der Waals surface area contributed by atoms with Gasteiger partial charge in [-0.25, -0.2) is 0 Å². The van der Waals surface area contributed by atoms with E-state index in [1.807, 2.05) is 13.0 Å². The Hall–Kier alpha value is -2.25. The van der Waals surface area contributed by atoms with Gasteiger partial charge < -0.3 is 9.30 Å². The number of ether oxygens (including phenoxy) is 1. The molecule has 0 bridgehead atoms. The van der Waals surface area contributed by atoms with Gasteiger partial charge in [-0.1, -0.05) is 29.5 Å². The fourth-order valence-corrected chi connectivity index (χ4v) is 4.15. The molecule has 1 aliphatic carbocycles. The molecule has 1 N–H and O–H groups in total. The summed E-state index contributed by atoms with van der Waals surface area (Å²) < 4.78 is 7.46. The molecule has 0 saturated carbocycles. The lowest BCUT2D eigenvalue weighted by Gasteiger charge is -2.08. The van der Waals surface area contributed by atoms with Crippen molar-refractivity contribution in [2.45, 2.75) is 39.3 Å². The number of nitrogens with zero attached hydrogens (tertiary/aromatic N) is 3. The molecule has 25 heavy (non-hydrogen) atoms. The van der Waals surface area contributed by atoms with Gasteiger partial charge in [0.25, 0.3) is 0 Å². The molecule has 6 nitrogen and oxygen atoms in total. The number of carbonyl (C=O) groups is 1. The number of hydrogen-bond donors (Lipinski definition) is 1. The maximum Gasteiger partial charge on any atom is 0.246 e. The van der Waals surface area contributed by atoms with Gasteiger partial charge in [0.2, 0.25) is 11.0 Å². The highest BCUT2D eigenvalue weighted by Crippen LogP contribution is 2.33. The van der Waals surface area contributed by atoms with E-state index in [2.05, 4.69) is 38.3 Å². The van der Waals surface area contributed by atoms with Gasteiger partial charge in [0.05, 0.1) is 0 Å². The zero-order chi connectivity index (χ0) is 17.2. The normalized spacial score (nSPS) is 13.3. The van der Waals surface area contributed by atoms with Crippen LogP contribution in [0.5, 0.6) is 0 Å². The van der Waals surface area contributed by atoms with Crippen LogP contribution >= 0.6 is 11.3 Å². The Balaban J connectivity index is 1.52. The molecule has 0 fully saturated rings. The number of anilines is 1. The molecule has 0 saturated heterocycles. The van der Waals surface area contributed by atoms with E-state index in [-0.39, 0.29) is 5.91 Å². The fraction of sp³-hybridized carbons (Fsp3) is 0.389. The minimum atomic E-state index is -0.0745. The molecule has 3 aromatic rings. The van der Waals surface area contributed by atoms with Gasteiger partial charge in [-0.3, -0.25) is 10.1 Å². The second kappa shape index (κ2) is 6.93. The number of benzene rings is 1. The van der Waals surface area contributed by atoms with E-state index in [0.717, 1.165) is 29.8 Å². The lowest BCUT2D eigenvalue weighted by Crippen LogP contribution is -2.19. The van der Waals surface area contributed by atoms with E-state index >= 15 is 0 Å². The second-order valence-corrected chi connectivity index (χ2v) is 7.13. The van der Waals surface area contributed by atoms with Gasteiger partial charge >= 0.3 is 0 Å². The highest BCUT2D eigenvalue weighted by Gasteiger charge is 2.22. The number of amides is 1. The second-order valence-electron chi connectivity index (χ2n) is 6.07. The lowest BCUT2D eigenvalue weighted by atomic mass is 10.1.